The second-order valence-electron chi connectivity index (χ2n) is 8.12. The van der Waals surface area contributed by atoms with Gasteiger partial charge in [-0.2, -0.15) is 0 Å². The lowest BCUT2D eigenvalue weighted by Gasteiger charge is -2.08. The van der Waals surface area contributed by atoms with E-state index >= 15 is 0 Å². The van der Waals surface area contributed by atoms with Crippen molar-refractivity contribution < 1.29 is 9.18 Å². The van der Waals surface area contributed by atoms with E-state index < -0.39 is 11.7 Å². The van der Waals surface area contributed by atoms with Gasteiger partial charge in [-0.1, -0.05) is 36.8 Å². The molecule has 34 heavy (non-hydrogen) atoms. The molecule has 0 aliphatic rings. The van der Waals surface area contributed by atoms with Gasteiger partial charge in [0.25, 0.3) is 5.91 Å². The molecule has 5 aromatic rings. The number of hydrogen-bond acceptors (Lipinski definition) is 5. The number of benzene rings is 2. The van der Waals surface area contributed by atoms with Crippen LogP contribution in [0.4, 0.5) is 4.39 Å². The van der Waals surface area contributed by atoms with Gasteiger partial charge in [0.1, 0.15) is 11.3 Å². The molecule has 0 radical (unpaired) electrons. The molecular formula is C26H23FN6O. The normalized spacial score (nSPS) is 11.2. The summed E-state index contributed by atoms with van der Waals surface area (Å²) in [4.78, 5) is 21.3. The minimum Gasteiger partial charge on any atom is -0.352 e. The Hall–Kier alpha value is -4.20. The molecule has 0 aliphatic heterocycles. The third-order valence-electron chi connectivity index (χ3n) is 5.68. The number of nitrogens with zero attached hydrogens (tertiary/aromatic N) is 5. The predicted octanol–water partition coefficient (Wildman–Crippen LogP) is 4.76. The van der Waals surface area contributed by atoms with Crippen LogP contribution in [-0.2, 0) is 6.54 Å². The van der Waals surface area contributed by atoms with Gasteiger partial charge in [-0.3, -0.25) is 9.78 Å². The number of halogens is 1. The Bertz CT molecular complexity index is 1500. The summed E-state index contributed by atoms with van der Waals surface area (Å²) in [7, 11) is 0. The van der Waals surface area contributed by atoms with Gasteiger partial charge in [-0.15, -0.1) is 5.10 Å². The summed E-state index contributed by atoms with van der Waals surface area (Å²) < 4.78 is 16.4. The number of carbonyl (C=O) groups excluding carboxylic acids is 1. The van der Waals surface area contributed by atoms with Crippen molar-refractivity contribution in [2.24, 2.45) is 0 Å². The molecule has 2 aromatic carbocycles. The Kier molecular flexibility index (Phi) is 5.95. The molecule has 8 heteroatoms. The zero-order chi connectivity index (χ0) is 23.5. The van der Waals surface area contributed by atoms with E-state index in [1.165, 1.54) is 12.1 Å². The summed E-state index contributed by atoms with van der Waals surface area (Å²) in [6.07, 6.45) is 3.58. The monoisotopic (exact) mass is 454 g/mol. The number of rotatable bonds is 7. The maximum absolute atomic E-state index is 14.7. The zero-order valence-electron chi connectivity index (χ0n) is 18.7. The van der Waals surface area contributed by atoms with Crippen LogP contribution in [0.1, 0.15) is 35.7 Å². The standard InChI is InChI=1S/C26H23FN6O/c1-2-3-12-29-26(34)20-8-7-19(15-21(20)27)23-10-11-24-25(30-23)33(32-31-24)16-17-6-9-22-18(14-17)5-4-13-28-22/h4-11,13-15H,2-3,12,16H2,1H3,(H,29,34). The molecule has 0 saturated heterocycles. The summed E-state index contributed by atoms with van der Waals surface area (Å²) in [5, 5.41) is 12.3. The number of unbranched alkanes of at least 4 members (excludes halogenated alkanes) is 1. The predicted molar refractivity (Wildman–Crippen MR) is 129 cm³/mol. The summed E-state index contributed by atoms with van der Waals surface area (Å²) in [6, 6.07) is 18.1. The summed E-state index contributed by atoms with van der Waals surface area (Å²) in [6.45, 7) is 3.05. The second-order valence-corrected chi connectivity index (χ2v) is 8.12. The highest BCUT2D eigenvalue weighted by molar-refractivity contribution is 5.95. The van der Waals surface area contributed by atoms with Crippen molar-refractivity contribution in [1.29, 1.82) is 0 Å². The van der Waals surface area contributed by atoms with E-state index in [1.54, 1.807) is 23.0 Å². The van der Waals surface area contributed by atoms with E-state index in [-0.39, 0.29) is 5.56 Å². The Morgan fingerprint density at radius 2 is 1.94 bits per heavy atom. The van der Waals surface area contributed by atoms with Crippen molar-refractivity contribution in [3.8, 4) is 11.3 Å². The third-order valence-corrected chi connectivity index (χ3v) is 5.68. The average Bonchev–Trinajstić information content (AvgIpc) is 3.26. The quantitative estimate of drug-likeness (QED) is 0.359. The van der Waals surface area contributed by atoms with E-state index in [4.69, 9.17) is 4.98 Å². The SMILES string of the molecule is CCCCNC(=O)c1ccc(-c2ccc3nnn(Cc4ccc5ncccc5c4)c3n2)cc1F. The third kappa shape index (κ3) is 4.34. The molecule has 1 N–H and O–H groups in total. The number of amides is 1. The van der Waals surface area contributed by atoms with Crippen molar-refractivity contribution in [3.63, 3.8) is 0 Å². The first-order chi connectivity index (χ1) is 16.6. The first-order valence-corrected chi connectivity index (χ1v) is 11.2. The molecular weight excluding hydrogens is 431 g/mol. The largest absolute Gasteiger partial charge is 0.352 e. The smallest absolute Gasteiger partial charge is 0.254 e. The first-order valence-electron chi connectivity index (χ1n) is 11.2. The molecule has 1 amide bonds. The molecule has 0 saturated carbocycles. The highest BCUT2D eigenvalue weighted by Crippen LogP contribution is 2.23. The van der Waals surface area contributed by atoms with E-state index in [2.05, 4.69) is 26.7 Å². The van der Waals surface area contributed by atoms with Crippen LogP contribution in [0.3, 0.4) is 0 Å². The lowest BCUT2D eigenvalue weighted by Crippen LogP contribution is -2.25. The van der Waals surface area contributed by atoms with Crippen LogP contribution < -0.4 is 5.32 Å². The fourth-order valence-electron chi connectivity index (χ4n) is 3.85. The van der Waals surface area contributed by atoms with Gasteiger partial charge in [0.05, 0.1) is 23.3 Å². The maximum Gasteiger partial charge on any atom is 0.254 e. The van der Waals surface area contributed by atoms with E-state index in [9.17, 15) is 9.18 Å². The fraction of sp³-hybridized carbons (Fsp3) is 0.192. The molecule has 0 aliphatic carbocycles. The van der Waals surface area contributed by atoms with Crippen molar-refractivity contribution in [2.45, 2.75) is 26.3 Å². The Morgan fingerprint density at radius 1 is 1.06 bits per heavy atom. The van der Waals surface area contributed by atoms with E-state index in [0.29, 0.717) is 35.5 Å². The number of aromatic nitrogens is 5. The highest BCUT2D eigenvalue weighted by Gasteiger charge is 2.14. The summed E-state index contributed by atoms with van der Waals surface area (Å²) in [5.41, 5.74) is 4.41. The van der Waals surface area contributed by atoms with Gasteiger partial charge in [0.2, 0.25) is 0 Å². The number of carbonyl (C=O) groups is 1. The molecule has 3 aromatic heterocycles. The second kappa shape index (κ2) is 9.35. The van der Waals surface area contributed by atoms with Gasteiger partial charge in [0, 0.05) is 23.7 Å². The van der Waals surface area contributed by atoms with Gasteiger partial charge >= 0.3 is 0 Å². The number of nitrogens with one attached hydrogen (secondary N) is 1. The molecule has 0 unspecified atom stereocenters. The zero-order valence-corrected chi connectivity index (χ0v) is 18.7. The van der Waals surface area contributed by atoms with Gasteiger partial charge < -0.3 is 5.32 Å². The molecule has 0 atom stereocenters. The molecule has 0 bridgehead atoms. The highest BCUT2D eigenvalue weighted by atomic mass is 19.1. The van der Waals surface area contributed by atoms with Gasteiger partial charge in [-0.25, -0.2) is 14.1 Å². The molecule has 3 heterocycles. The number of hydrogen-bond donors (Lipinski definition) is 1. The molecule has 0 spiro atoms. The van der Waals surface area contributed by atoms with Gasteiger partial charge in [0.15, 0.2) is 5.65 Å². The van der Waals surface area contributed by atoms with E-state index in [1.807, 2.05) is 37.3 Å². The average molecular weight is 455 g/mol. The number of pyridine rings is 2. The summed E-state index contributed by atoms with van der Waals surface area (Å²) >= 11 is 0. The Labute approximate surface area is 195 Å². The topological polar surface area (TPSA) is 85.6 Å². The van der Waals surface area contributed by atoms with Crippen molar-refractivity contribution in [3.05, 3.63) is 83.8 Å². The molecule has 170 valence electrons. The van der Waals surface area contributed by atoms with Gasteiger partial charge in [-0.05, 0) is 54.4 Å². The lowest BCUT2D eigenvalue weighted by atomic mass is 10.1. The Morgan fingerprint density at radius 3 is 2.79 bits per heavy atom. The van der Waals surface area contributed by atoms with Crippen LogP contribution in [0, 0.1) is 5.82 Å². The van der Waals surface area contributed by atoms with Crippen LogP contribution in [0.15, 0.2) is 66.9 Å². The van der Waals surface area contributed by atoms with Crippen molar-refractivity contribution in [2.75, 3.05) is 6.54 Å². The van der Waals surface area contributed by atoms with E-state index in [0.717, 1.165) is 29.3 Å². The summed E-state index contributed by atoms with van der Waals surface area (Å²) in [5.74, 6) is -0.987. The molecule has 7 nitrogen and oxygen atoms in total. The van der Waals surface area contributed by atoms with Crippen LogP contribution in [0.2, 0.25) is 0 Å². The van der Waals surface area contributed by atoms with Crippen LogP contribution >= 0.6 is 0 Å². The molecule has 5 rings (SSSR count). The minimum absolute atomic E-state index is 0.0263. The fourth-order valence-corrected chi connectivity index (χ4v) is 3.85. The van der Waals surface area contributed by atoms with Crippen molar-refractivity contribution in [1.82, 2.24) is 30.3 Å². The minimum atomic E-state index is -0.579. The Balaban J connectivity index is 1.42. The lowest BCUT2D eigenvalue weighted by molar-refractivity contribution is 0.0949. The van der Waals surface area contributed by atoms with Crippen LogP contribution in [0.25, 0.3) is 33.3 Å². The first kappa shape index (κ1) is 21.6. The maximum atomic E-state index is 14.7. The van der Waals surface area contributed by atoms with Crippen LogP contribution in [0.5, 0.6) is 0 Å². The number of fused-ring (bicyclic) bond motifs is 2. The van der Waals surface area contributed by atoms with Crippen LogP contribution in [-0.4, -0.2) is 37.4 Å². The molecule has 0 fully saturated rings. The van der Waals surface area contributed by atoms with Crippen molar-refractivity contribution >= 4 is 28.0 Å².